The van der Waals surface area contributed by atoms with Crippen LogP contribution in [0.3, 0.4) is 0 Å². The molecule has 0 aliphatic carbocycles. The van der Waals surface area contributed by atoms with Gasteiger partial charge in [0.2, 0.25) is 0 Å². The highest BCUT2D eigenvalue weighted by atomic mass is 31.2. The monoisotopic (exact) mass is 395 g/mol. The fraction of sp³-hybridized carbons (Fsp3) is 0.571. The van der Waals surface area contributed by atoms with Crippen molar-refractivity contribution in [3.63, 3.8) is 0 Å². The third-order valence-electron chi connectivity index (χ3n) is 4.26. The van der Waals surface area contributed by atoms with Crippen LogP contribution >= 0.6 is 15.2 Å². The molecule has 1 aliphatic rings. The van der Waals surface area contributed by atoms with E-state index in [0.717, 1.165) is 24.2 Å². The maximum atomic E-state index is 11.2. The summed E-state index contributed by atoms with van der Waals surface area (Å²) in [6.07, 6.45) is 0.816. The molecule has 2 rings (SSSR count). The van der Waals surface area contributed by atoms with Crippen molar-refractivity contribution in [3.05, 3.63) is 29.8 Å². The van der Waals surface area contributed by atoms with Gasteiger partial charge in [0.05, 0.1) is 6.61 Å². The lowest BCUT2D eigenvalue weighted by atomic mass is 9.94. The third-order valence-corrected chi connectivity index (χ3v) is 8.13. The quantitative estimate of drug-likeness (QED) is 0.274. The van der Waals surface area contributed by atoms with Crippen molar-refractivity contribution >= 4 is 15.2 Å². The predicted octanol–water partition coefficient (Wildman–Crippen LogP) is 0.609. The van der Waals surface area contributed by atoms with Gasteiger partial charge in [0.15, 0.2) is 0 Å². The van der Waals surface area contributed by atoms with Crippen LogP contribution in [0.5, 0.6) is 5.75 Å². The Morgan fingerprint density at radius 1 is 1.12 bits per heavy atom. The Morgan fingerprint density at radius 3 is 2.40 bits per heavy atom. The molecule has 0 saturated carbocycles. The van der Waals surface area contributed by atoms with Crippen molar-refractivity contribution in [2.24, 2.45) is 5.92 Å². The van der Waals surface area contributed by atoms with Gasteiger partial charge in [0.25, 0.3) is 5.08 Å². The molecule has 0 saturated heterocycles. The van der Waals surface area contributed by atoms with Gasteiger partial charge in [-0.2, -0.15) is 0 Å². The van der Waals surface area contributed by atoms with E-state index < -0.39 is 26.7 Å². The smallest absolute Gasteiger partial charge is 0.369 e. The van der Waals surface area contributed by atoms with Gasteiger partial charge in [0.1, 0.15) is 5.75 Å². The van der Waals surface area contributed by atoms with Crippen LogP contribution in [-0.2, 0) is 15.6 Å². The number of nitrogens with one attached hydrogen (secondary N) is 1. The van der Waals surface area contributed by atoms with Crippen LogP contribution in [0.1, 0.15) is 18.4 Å². The van der Waals surface area contributed by atoms with Crippen molar-refractivity contribution < 1.29 is 38.5 Å². The van der Waals surface area contributed by atoms with E-state index in [-0.39, 0.29) is 12.5 Å². The van der Waals surface area contributed by atoms with Gasteiger partial charge in [-0.05, 0) is 43.5 Å². The lowest BCUT2D eigenvalue weighted by molar-refractivity contribution is 0.122. The van der Waals surface area contributed by atoms with Gasteiger partial charge in [-0.15, -0.1) is 0 Å². The van der Waals surface area contributed by atoms with Crippen molar-refractivity contribution in [3.8, 4) is 5.75 Å². The maximum Gasteiger partial charge on any atom is 0.369 e. The summed E-state index contributed by atoms with van der Waals surface area (Å²) in [7, 11) is -10.8. The number of benzene rings is 1. The Kier molecular flexibility index (Phi) is 6.46. The Balaban J connectivity index is 1.78. The number of hydrogen-bond donors (Lipinski definition) is 6. The second-order valence-electron chi connectivity index (χ2n) is 6.14. The van der Waals surface area contributed by atoms with Gasteiger partial charge in [-0.3, -0.25) is 9.13 Å². The minimum Gasteiger partial charge on any atom is -0.493 e. The minimum atomic E-state index is -5.39. The number of para-hydroxylation sites is 1. The van der Waals surface area contributed by atoms with E-state index in [1.165, 1.54) is 0 Å². The summed E-state index contributed by atoms with van der Waals surface area (Å²) in [5.74, 6) is 1.14. The second-order valence-corrected chi connectivity index (χ2v) is 10.1. The zero-order chi connectivity index (χ0) is 18.7. The summed E-state index contributed by atoms with van der Waals surface area (Å²) >= 11 is 0. The molecular weight excluding hydrogens is 372 g/mol. The van der Waals surface area contributed by atoms with E-state index in [4.69, 9.17) is 24.3 Å². The molecule has 1 aromatic carbocycles. The first-order valence-electron chi connectivity index (χ1n) is 7.80. The lowest BCUT2D eigenvalue weighted by Crippen LogP contribution is -2.34. The number of rotatable bonds is 8. The van der Waals surface area contributed by atoms with E-state index in [2.05, 4.69) is 5.32 Å². The van der Waals surface area contributed by atoms with Crippen LogP contribution in [0.15, 0.2) is 24.3 Å². The van der Waals surface area contributed by atoms with Gasteiger partial charge in [0, 0.05) is 6.42 Å². The Labute approximate surface area is 145 Å². The SMILES string of the molecule is O=P(O)(O)C(O)(CCNCCC1COc2ccccc2C1)P(=O)(O)O. The summed E-state index contributed by atoms with van der Waals surface area (Å²) < 4.78 is 28.1. The standard InChI is InChI=1S/C14H23NO8P2/c16-14(24(17,18)19,25(20,21)22)6-8-15-7-5-11-9-12-3-1-2-4-13(12)23-10-11/h1-4,11,15-16H,5-10H2,(H2,17,18,19)(H2,20,21,22). The molecule has 6 N–H and O–H groups in total. The largest absolute Gasteiger partial charge is 0.493 e. The summed E-state index contributed by atoms with van der Waals surface area (Å²) in [4.78, 5) is 36.2. The van der Waals surface area contributed by atoms with E-state index >= 15 is 0 Å². The van der Waals surface area contributed by atoms with Crippen molar-refractivity contribution in [2.75, 3.05) is 19.7 Å². The van der Waals surface area contributed by atoms with Gasteiger partial charge < -0.3 is 34.7 Å². The molecule has 0 radical (unpaired) electrons. The molecule has 0 aromatic heterocycles. The highest BCUT2D eigenvalue weighted by Gasteiger charge is 2.58. The molecule has 0 fully saturated rings. The first-order chi connectivity index (χ1) is 11.5. The van der Waals surface area contributed by atoms with Crippen molar-refractivity contribution in [2.45, 2.75) is 24.3 Å². The molecule has 11 heteroatoms. The first kappa shape index (κ1) is 20.6. The minimum absolute atomic E-state index is 0.142. The summed E-state index contributed by atoms with van der Waals surface area (Å²) in [6, 6.07) is 7.75. The molecule has 1 atom stereocenters. The van der Waals surface area contributed by atoms with E-state index in [1.54, 1.807) is 0 Å². The van der Waals surface area contributed by atoms with Crippen LogP contribution in [-0.4, -0.2) is 49.5 Å². The van der Waals surface area contributed by atoms with Crippen LogP contribution in [0, 0.1) is 5.92 Å². The fourth-order valence-electron chi connectivity index (χ4n) is 2.72. The topological polar surface area (TPSA) is 157 Å². The highest BCUT2D eigenvalue weighted by Crippen LogP contribution is 2.68. The fourth-order valence-corrected chi connectivity index (χ4v) is 4.89. The molecule has 142 valence electrons. The molecule has 0 amide bonds. The number of fused-ring (bicyclic) bond motifs is 1. The molecular formula is C14H23NO8P2. The molecule has 9 nitrogen and oxygen atoms in total. The highest BCUT2D eigenvalue weighted by molar-refractivity contribution is 7.72. The van der Waals surface area contributed by atoms with E-state index in [9.17, 15) is 14.2 Å². The molecule has 0 spiro atoms. The number of hydrogen-bond acceptors (Lipinski definition) is 5. The van der Waals surface area contributed by atoms with E-state index in [0.29, 0.717) is 13.2 Å². The first-order valence-corrected chi connectivity index (χ1v) is 11.0. The predicted molar refractivity (Wildman–Crippen MR) is 90.3 cm³/mol. The third kappa shape index (κ3) is 4.90. The summed E-state index contributed by atoms with van der Waals surface area (Å²) in [6.45, 7) is 0.888. The molecule has 1 unspecified atom stereocenters. The van der Waals surface area contributed by atoms with Gasteiger partial charge in [-0.1, -0.05) is 18.2 Å². The molecule has 25 heavy (non-hydrogen) atoms. The zero-order valence-corrected chi connectivity index (χ0v) is 15.3. The molecule has 1 aliphatic heterocycles. The number of aliphatic hydroxyl groups is 1. The number of ether oxygens (including phenoxy) is 1. The zero-order valence-electron chi connectivity index (χ0n) is 13.5. The van der Waals surface area contributed by atoms with Crippen LogP contribution < -0.4 is 10.1 Å². The lowest BCUT2D eigenvalue weighted by Gasteiger charge is -2.29. The van der Waals surface area contributed by atoms with Crippen LogP contribution in [0.2, 0.25) is 0 Å². The summed E-state index contributed by atoms with van der Waals surface area (Å²) in [5, 5.41) is 9.25. The van der Waals surface area contributed by atoms with Crippen molar-refractivity contribution in [1.82, 2.24) is 5.32 Å². The van der Waals surface area contributed by atoms with Crippen LogP contribution in [0.4, 0.5) is 0 Å². The maximum absolute atomic E-state index is 11.2. The normalized spacial score (nSPS) is 18.5. The average Bonchev–Trinajstić information content (AvgIpc) is 2.52. The summed E-state index contributed by atoms with van der Waals surface area (Å²) in [5.41, 5.74) is 1.12. The van der Waals surface area contributed by atoms with Gasteiger partial charge >= 0.3 is 15.2 Å². The Bertz CT molecular complexity index is 663. The van der Waals surface area contributed by atoms with Gasteiger partial charge in [-0.25, -0.2) is 0 Å². The van der Waals surface area contributed by atoms with Crippen LogP contribution in [0.25, 0.3) is 0 Å². The average molecular weight is 395 g/mol. The molecule has 1 heterocycles. The Morgan fingerprint density at radius 2 is 1.76 bits per heavy atom. The Hall–Kier alpha value is -0.760. The van der Waals surface area contributed by atoms with E-state index in [1.807, 2.05) is 24.3 Å². The van der Waals surface area contributed by atoms with Crippen molar-refractivity contribution in [1.29, 1.82) is 0 Å². The molecule has 1 aromatic rings. The molecule has 0 bridgehead atoms. The second kappa shape index (κ2) is 7.86.